The van der Waals surface area contributed by atoms with Gasteiger partial charge in [0, 0.05) is 18.0 Å². The summed E-state index contributed by atoms with van der Waals surface area (Å²) in [6.45, 7) is 6.62. The lowest BCUT2D eigenvalue weighted by Crippen LogP contribution is -2.38. The Morgan fingerprint density at radius 1 is 1.12 bits per heavy atom. The molecule has 0 spiro atoms. The van der Waals surface area contributed by atoms with Crippen LogP contribution in [0.15, 0.2) is 76.0 Å². The van der Waals surface area contributed by atoms with Gasteiger partial charge < -0.3 is 4.90 Å². The molecule has 2 aromatic carbocycles. The van der Waals surface area contributed by atoms with Gasteiger partial charge in [0.1, 0.15) is 5.84 Å². The molecule has 0 saturated carbocycles. The van der Waals surface area contributed by atoms with Crippen LogP contribution in [0.1, 0.15) is 25.3 Å². The summed E-state index contributed by atoms with van der Waals surface area (Å²) in [6.07, 6.45) is 4.72. The normalized spacial score (nSPS) is 18.7. The zero-order chi connectivity index (χ0) is 17.5. The first-order chi connectivity index (χ1) is 12.2. The predicted octanol–water partition coefficient (Wildman–Crippen LogP) is 6.06. The van der Waals surface area contributed by atoms with Crippen LogP contribution in [-0.2, 0) is 0 Å². The van der Waals surface area contributed by atoms with E-state index in [-0.39, 0.29) is 0 Å². The lowest BCUT2D eigenvalue weighted by molar-refractivity contribution is 0.274. The van der Waals surface area contributed by atoms with Crippen molar-refractivity contribution in [2.24, 2.45) is 10.9 Å². The molecule has 1 saturated heterocycles. The summed E-state index contributed by atoms with van der Waals surface area (Å²) in [5, 5.41) is 2.15. The van der Waals surface area contributed by atoms with Crippen LogP contribution in [0.2, 0.25) is 0 Å². The number of thioether (sulfide) groups is 1. The van der Waals surface area contributed by atoms with Gasteiger partial charge in [0.05, 0.1) is 5.69 Å². The van der Waals surface area contributed by atoms with Crippen LogP contribution >= 0.6 is 11.8 Å². The average Bonchev–Trinajstić information content (AvgIpc) is 2.63. The fourth-order valence-electron chi connectivity index (χ4n) is 3.03. The summed E-state index contributed by atoms with van der Waals surface area (Å²) in [5.74, 6) is 1.80. The number of hydrogen-bond donors (Lipinski definition) is 0. The molecule has 1 aliphatic rings. The molecule has 3 rings (SSSR count). The monoisotopic (exact) mass is 350 g/mol. The van der Waals surface area contributed by atoms with Crippen molar-refractivity contribution < 1.29 is 0 Å². The van der Waals surface area contributed by atoms with Gasteiger partial charge in [-0.2, -0.15) is 0 Å². The standard InChI is InChI=1S/C22H26N2S/c1-18-10-12-20(13-11-18)23-22(24-15-6-7-19(2)17-24)14-16-25-21-8-4-3-5-9-21/h3-5,8-14,16,19H,6-7,15,17H2,1-2H3. The molecular weight excluding hydrogens is 324 g/mol. The Labute approximate surface area is 155 Å². The summed E-state index contributed by atoms with van der Waals surface area (Å²) in [7, 11) is 0. The minimum absolute atomic E-state index is 0.729. The van der Waals surface area contributed by atoms with E-state index in [4.69, 9.17) is 4.99 Å². The molecule has 1 fully saturated rings. The van der Waals surface area contributed by atoms with Crippen molar-refractivity contribution >= 4 is 23.3 Å². The average molecular weight is 351 g/mol. The van der Waals surface area contributed by atoms with E-state index in [1.165, 1.54) is 23.3 Å². The topological polar surface area (TPSA) is 15.6 Å². The molecule has 0 aromatic heterocycles. The SMILES string of the molecule is Cc1ccc(N=C(C=CSc2ccccc2)N2CCCC(C)C2)cc1. The molecule has 2 aromatic rings. The van der Waals surface area contributed by atoms with Crippen molar-refractivity contribution in [3.63, 3.8) is 0 Å². The van der Waals surface area contributed by atoms with Crippen molar-refractivity contribution in [3.05, 3.63) is 71.6 Å². The van der Waals surface area contributed by atoms with E-state index in [1.54, 1.807) is 11.8 Å². The Morgan fingerprint density at radius 3 is 2.60 bits per heavy atom. The largest absolute Gasteiger partial charge is 0.356 e. The molecule has 1 aliphatic heterocycles. The zero-order valence-electron chi connectivity index (χ0n) is 15.1. The van der Waals surface area contributed by atoms with Crippen molar-refractivity contribution in [1.29, 1.82) is 0 Å². The second kappa shape index (κ2) is 8.91. The van der Waals surface area contributed by atoms with Crippen LogP contribution in [0.3, 0.4) is 0 Å². The zero-order valence-corrected chi connectivity index (χ0v) is 15.9. The fourth-order valence-corrected chi connectivity index (χ4v) is 3.70. The maximum Gasteiger partial charge on any atom is 0.129 e. The molecule has 130 valence electrons. The van der Waals surface area contributed by atoms with Crippen LogP contribution in [0.4, 0.5) is 5.69 Å². The summed E-state index contributed by atoms with van der Waals surface area (Å²) in [6, 6.07) is 18.9. The molecule has 25 heavy (non-hydrogen) atoms. The predicted molar refractivity (Wildman–Crippen MR) is 110 cm³/mol. The van der Waals surface area contributed by atoms with Crippen molar-refractivity contribution in [2.45, 2.75) is 31.6 Å². The van der Waals surface area contributed by atoms with E-state index in [1.807, 2.05) is 6.07 Å². The molecule has 2 nitrogen and oxygen atoms in total. The van der Waals surface area contributed by atoms with E-state index in [9.17, 15) is 0 Å². The Bertz CT molecular complexity index is 719. The lowest BCUT2D eigenvalue weighted by atomic mass is 10.0. The summed E-state index contributed by atoms with van der Waals surface area (Å²) in [5.41, 5.74) is 2.29. The number of benzene rings is 2. The number of piperidine rings is 1. The van der Waals surface area contributed by atoms with Gasteiger partial charge in [-0.15, -0.1) is 0 Å². The van der Waals surface area contributed by atoms with E-state index in [0.29, 0.717) is 0 Å². The Morgan fingerprint density at radius 2 is 1.88 bits per heavy atom. The Balaban J connectivity index is 1.79. The number of likely N-dealkylation sites (tertiary alicyclic amines) is 1. The van der Waals surface area contributed by atoms with Gasteiger partial charge in [-0.1, -0.05) is 54.6 Å². The molecule has 0 aliphatic carbocycles. The molecular formula is C22H26N2S. The third-order valence-electron chi connectivity index (χ3n) is 4.42. The molecule has 1 atom stereocenters. The Hall–Kier alpha value is -2.00. The summed E-state index contributed by atoms with van der Waals surface area (Å²) in [4.78, 5) is 8.61. The highest BCUT2D eigenvalue weighted by Crippen LogP contribution is 2.22. The fraction of sp³-hybridized carbons (Fsp3) is 0.318. The molecule has 0 N–H and O–H groups in total. The van der Waals surface area contributed by atoms with Gasteiger partial charge in [0.2, 0.25) is 0 Å². The Kier molecular flexibility index (Phi) is 6.35. The lowest BCUT2D eigenvalue weighted by Gasteiger charge is -2.32. The van der Waals surface area contributed by atoms with Gasteiger partial charge in [-0.05, 0) is 61.4 Å². The van der Waals surface area contributed by atoms with E-state index in [0.717, 1.165) is 30.5 Å². The maximum absolute atomic E-state index is 4.93. The highest BCUT2D eigenvalue weighted by atomic mass is 32.2. The van der Waals surface area contributed by atoms with Crippen molar-refractivity contribution in [3.8, 4) is 0 Å². The van der Waals surface area contributed by atoms with E-state index < -0.39 is 0 Å². The van der Waals surface area contributed by atoms with E-state index in [2.05, 4.69) is 78.8 Å². The molecule has 1 unspecified atom stereocenters. The van der Waals surface area contributed by atoms with Crippen LogP contribution in [0, 0.1) is 12.8 Å². The minimum atomic E-state index is 0.729. The number of nitrogens with zero attached hydrogens (tertiary/aromatic N) is 2. The molecule has 0 radical (unpaired) electrons. The molecule has 3 heteroatoms. The highest BCUT2D eigenvalue weighted by molar-refractivity contribution is 8.02. The number of amidine groups is 1. The smallest absolute Gasteiger partial charge is 0.129 e. The van der Waals surface area contributed by atoms with Gasteiger partial charge in [0.25, 0.3) is 0 Å². The van der Waals surface area contributed by atoms with Crippen LogP contribution in [0.5, 0.6) is 0 Å². The molecule has 1 heterocycles. The van der Waals surface area contributed by atoms with Crippen LogP contribution in [-0.4, -0.2) is 23.8 Å². The molecule has 0 amide bonds. The van der Waals surface area contributed by atoms with Crippen LogP contribution < -0.4 is 0 Å². The van der Waals surface area contributed by atoms with Crippen molar-refractivity contribution in [2.75, 3.05) is 13.1 Å². The maximum atomic E-state index is 4.93. The quantitative estimate of drug-likeness (QED) is 0.378. The number of rotatable bonds is 4. The second-order valence-electron chi connectivity index (χ2n) is 6.73. The van der Waals surface area contributed by atoms with Crippen molar-refractivity contribution in [1.82, 2.24) is 4.90 Å². The third-order valence-corrected chi connectivity index (χ3v) is 5.24. The number of aliphatic imine (C=N–C) groups is 1. The summed E-state index contributed by atoms with van der Waals surface area (Å²) < 4.78 is 0. The van der Waals surface area contributed by atoms with Gasteiger partial charge in [0.15, 0.2) is 0 Å². The highest BCUT2D eigenvalue weighted by Gasteiger charge is 2.18. The second-order valence-corrected chi connectivity index (χ2v) is 7.71. The first-order valence-electron chi connectivity index (χ1n) is 8.99. The number of aryl methyl sites for hydroxylation is 1. The summed E-state index contributed by atoms with van der Waals surface area (Å²) >= 11 is 1.74. The number of hydrogen-bond acceptors (Lipinski definition) is 2. The van der Waals surface area contributed by atoms with Gasteiger partial charge in [-0.3, -0.25) is 0 Å². The third kappa shape index (κ3) is 5.50. The first-order valence-corrected chi connectivity index (χ1v) is 9.87. The van der Waals surface area contributed by atoms with Crippen LogP contribution in [0.25, 0.3) is 0 Å². The first kappa shape index (κ1) is 17.8. The molecule has 0 bridgehead atoms. The minimum Gasteiger partial charge on any atom is -0.356 e. The van der Waals surface area contributed by atoms with Gasteiger partial charge in [-0.25, -0.2) is 4.99 Å². The van der Waals surface area contributed by atoms with E-state index >= 15 is 0 Å². The van der Waals surface area contributed by atoms with Gasteiger partial charge >= 0.3 is 0 Å².